The number of aryl methyl sites for hydroxylation is 1. The summed E-state index contributed by atoms with van der Waals surface area (Å²) in [6.45, 7) is 1.86. The van der Waals surface area contributed by atoms with E-state index in [0.717, 1.165) is 21.6 Å². The summed E-state index contributed by atoms with van der Waals surface area (Å²) in [4.78, 5) is 0.865. The van der Waals surface area contributed by atoms with Crippen molar-refractivity contribution >= 4 is 11.3 Å². The van der Waals surface area contributed by atoms with Crippen LogP contribution < -0.4 is 5.32 Å². The van der Waals surface area contributed by atoms with Crippen LogP contribution in [0.1, 0.15) is 33.7 Å². The number of hydrogen-bond donors (Lipinski definition) is 3. The molecule has 1 aromatic heterocycles. The zero-order valence-corrected chi connectivity index (χ0v) is 15.0. The van der Waals surface area contributed by atoms with E-state index in [2.05, 4.69) is 29.6 Å². The van der Waals surface area contributed by atoms with Crippen molar-refractivity contribution in [3.8, 4) is 0 Å². The summed E-state index contributed by atoms with van der Waals surface area (Å²) in [6, 6.07) is 21.6. The monoisotopic (exact) mass is 353 g/mol. The molecule has 0 unspecified atom stereocenters. The predicted octanol–water partition coefficient (Wildman–Crippen LogP) is 3.83. The first-order valence-electron chi connectivity index (χ1n) is 8.39. The van der Waals surface area contributed by atoms with Crippen molar-refractivity contribution in [3.63, 3.8) is 0 Å². The molecule has 130 valence electrons. The third-order valence-electron chi connectivity index (χ3n) is 4.27. The van der Waals surface area contributed by atoms with Gasteiger partial charge < -0.3 is 10.2 Å². The smallest absolute Gasteiger partial charge is 0.106 e. The summed E-state index contributed by atoms with van der Waals surface area (Å²) in [5, 5.41) is 26.1. The molecule has 3 N–H and O–H groups in total. The number of nitrogens with one attached hydrogen (secondary N) is 1. The molecule has 0 aliphatic heterocycles. The minimum Gasteiger partial charge on any atom is -0.395 e. The number of aliphatic hydroxyl groups excluding tert-OH is 2. The summed E-state index contributed by atoms with van der Waals surface area (Å²) in [7, 11) is 0. The highest BCUT2D eigenvalue weighted by Crippen LogP contribution is 2.28. The lowest BCUT2D eigenvalue weighted by molar-refractivity contribution is 0.0884. The zero-order chi connectivity index (χ0) is 17.6. The maximum absolute atomic E-state index is 10.7. The Morgan fingerprint density at radius 3 is 1.96 bits per heavy atom. The van der Waals surface area contributed by atoms with Gasteiger partial charge in [0.2, 0.25) is 0 Å². The van der Waals surface area contributed by atoms with Crippen molar-refractivity contribution in [2.24, 2.45) is 0 Å². The lowest BCUT2D eigenvalue weighted by atomic mass is 9.96. The molecule has 0 fully saturated rings. The van der Waals surface area contributed by atoms with E-state index in [9.17, 15) is 10.2 Å². The van der Waals surface area contributed by atoms with Gasteiger partial charge in [-0.15, -0.1) is 11.3 Å². The molecule has 3 nitrogen and oxygen atoms in total. The minimum atomic E-state index is -0.751. The molecule has 0 saturated carbocycles. The van der Waals surface area contributed by atoms with E-state index >= 15 is 0 Å². The van der Waals surface area contributed by atoms with Gasteiger partial charge in [-0.25, -0.2) is 0 Å². The fraction of sp³-hybridized carbons (Fsp3) is 0.238. The second kappa shape index (κ2) is 8.41. The molecule has 0 amide bonds. The summed E-state index contributed by atoms with van der Waals surface area (Å²) in [5.74, 6) is 0. The SMILES string of the molecule is Cc1csc([C@@H](O)[C@H](CO)NC(c2ccccc2)c2ccccc2)c1. The quantitative estimate of drug-likeness (QED) is 0.605. The van der Waals surface area contributed by atoms with Gasteiger partial charge in [0.15, 0.2) is 0 Å². The van der Waals surface area contributed by atoms with Crippen LogP contribution in [-0.4, -0.2) is 22.9 Å². The average Bonchev–Trinajstić information content (AvgIpc) is 3.10. The third kappa shape index (κ3) is 4.35. The standard InChI is InChI=1S/C21H23NO2S/c1-15-12-19(25-14-15)21(24)18(13-23)22-20(16-8-4-2-5-9-16)17-10-6-3-7-11-17/h2-12,14,18,20-24H,13H2,1H3/t18-,21-/m0/s1. The summed E-state index contributed by atoms with van der Waals surface area (Å²) < 4.78 is 0. The van der Waals surface area contributed by atoms with Crippen LogP contribution in [0.25, 0.3) is 0 Å². The van der Waals surface area contributed by atoms with Gasteiger partial charge >= 0.3 is 0 Å². The molecule has 0 aliphatic carbocycles. The summed E-state index contributed by atoms with van der Waals surface area (Å²) in [6.07, 6.45) is -0.751. The van der Waals surface area contributed by atoms with E-state index < -0.39 is 12.1 Å². The van der Waals surface area contributed by atoms with Gasteiger partial charge in [0.1, 0.15) is 6.10 Å². The Bertz CT molecular complexity index is 733. The molecule has 25 heavy (non-hydrogen) atoms. The Morgan fingerprint density at radius 1 is 0.960 bits per heavy atom. The van der Waals surface area contributed by atoms with Crippen molar-refractivity contribution in [2.45, 2.75) is 25.1 Å². The molecule has 2 aromatic carbocycles. The van der Waals surface area contributed by atoms with Crippen LogP contribution in [0.4, 0.5) is 0 Å². The maximum Gasteiger partial charge on any atom is 0.106 e. The molecule has 0 aliphatic rings. The van der Waals surface area contributed by atoms with Gasteiger partial charge in [-0.3, -0.25) is 5.32 Å². The molecular weight excluding hydrogens is 330 g/mol. The van der Waals surface area contributed by atoms with E-state index in [-0.39, 0.29) is 12.6 Å². The van der Waals surface area contributed by atoms with Crippen LogP contribution in [0.3, 0.4) is 0 Å². The topological polar surface area (TPSA) is 52.5 Å². The Balaban J connectivity index is 1.88. The normalized spacial score (nSPS) is 13.8. The van der Waals surface area contributed by atoms with Crippen LogP contribution in [0.5, 0.6) is 0 Å². The average molecular weight is 353 g/mol. The largest absolute Gasteiger partial charge is 0.395 e. The Kier molecular flexibility index (Phi) is 6.00. The van der Waals surface area contributed by atoms with E-state index in [1.54, 1.807) is 0 Å². The number of rotatable bonds is 7. The number of thiophene rings is 1. The molecule has 0 spiro atoms. The van der Waals surface area contributed by atoms with Gasteiger partial charge in [-0.2, -0.15) is 0 Å². The van der Waals surface area contributed by atoms with E-state index in [4.69, 9.17) is 0 Å². The molecule has 2 atom stereocenters. The van der Waals surface area contributed by atoms with Gasteiger partial charge in [0.25, 0.3) is 0 Å². The van der Waals surface area contributed by atoms with Crippen molar-refractivity contribution in [1.82, 2.24) is 5.32 Å². The Morgan fingerprint density at radius 2 is 1.52 bits per heavy atom. The fourth-order valence-electron chi connectivity index (χ4n) is 2.94. The molecule has 0 bridgehead atoms. The lowest BCUT2D eigenvalue weighted by Crippen LogP contribution is -2.40. The molecule has 1 heterocycles. The second-order valence-electron chi connectivity index (χ2n) is 6.18. The van der Waals surface area contributed by atoms with Crippen molar-refractivity contribution in [3.05, 3.63) is 93.7 Å². The predicted molar refractivity (Wildman–Crippen MR) is 103 cm³/mol. The molecule has 3 aromatic rings. The summed E-state index contributed by atoms with van der Waals surface area (Å²) >= 11 is 1.52. The number of aliphatic hydroxyl groups is 2. The van der Waals surface area contributed by atoms with Gasteiger partial charge in [-0.1, -0.05) is 60.7 Å². The highest BCUT2D eigenvalue weighted by atomic mass is 32.1. The molecule has 4 heteroatoms. The third-order valence-corrected chi connectivity index (χ3v) is 5.39. The Labute approximate surface area is 152 Å². The Hall–Kier alpha value is -1.98. The van der Waals surface area contributed by atoms with Crippen LogP contribution in [-0.2, 0) is 0 Å². The second-order valence-corrected chi connectivity index (χ2v) is 7.12. The lowest BCUT2D eigenvalue weighted by Gasteiger charge is -2.28. The van der Waals surface area contributed by atoms with Crippen LogP contribution >= 0.6 is 11.3 Å². The number of benzene rings is 2. The van der Waals surface area contributed by atoms with Crippen LogP contribution in [0.2, 0.25) is 0 Å². The molecule has 3 rings (SSSR count). The van der Waals surface area contributed by atoms with Gasteiger partial charge in [-0.05, 0) is 35.1 Å². The van der Waals surface area contributed by atoms with Crippen molar-refractivity contribution < 1.29 is 10.2 Å². The minimum absolute atomic E-state index is 0.102. The highest BCUT2D eigenvalue weighted by Gasteiger charge is 2.25. The van der Waals surface area contributed by atoms with Gasteiger partial charge in [0, 0.05) is 4.88 Å². The first-order valence-corrected chi connectivity index (χ1v) is 9.27. The summed E-state index contributed by atoms with van der Waals surface area (Å²) in [5.41, 5.74) is 3.32. The van der Waals surface area contributed by atoms with E-state index in [1.165, 1.54) is 11.3 Å². The van der Waals surface area contributed by atoms with Crippen molar-refractivity contribution in [1.29, 1.82) is 0 Å². The van der Waals surface area contributed by atoms with Crippen LogP contribution in [0.15, 0.2) is 72.1 Å². The first-order chi connectivity index (χ1) is 12.2. The molecule has 0 radical (unpaired) electrons. The number of hydrogen-bond acceptors (Lipinski definition) is 4. The van der Waals surface area contributed by atoms with Crippen LogP contribution in [0, 0.1) is 6.92 Å². The maximum atomic E-state index is 10.7. The fourth-order valence-corrected chi connectivity index (χ4v) is 3.89. The highest BCUT2D eigenvalue weighted by molar-refractivity contribution is 7.10. The van der Waals surface area contributed by atoms with E-state index in [1.807, 2.05) is 54.8 Å². The van der Waals surface area contributed by atoms with Gasteiger partial charge in [0.05, 0.1) is 18.7 Å². The molecule has 0 saturated heterocycles. The first kappa shape index (κ1) is 17.8. The van der Waals surface area contributed by atoms with Crippen molar-refractivity contribution in [2.75, 3.05) is 6.61 Å². The molecular formula is C21H23NO2S. The van der Waals surface area contributed by atoms with E-state index in [0.29, 0.717) is 0 Å². The zero-order valence-electron chi connectivity index (χ0n) is 14.2.